The van der Waals surface area contributed by atoms with Crippen LogP contribution in [-0.2, 0) is 11.2 Å². The standard InChI is InChI=1S/C25H27NO/c1-25(2,3)24(27)26-23-17-11-10-16-21(23)22(20-14-8-5-9-15-20)18-19-12-6-4-7-13-19/h4-17,22H,18H2,1-3H3,(H,26,27)/t22-/m1/s1. The summed E-state index contributed by atoms with van der Waals surface area (Å²) in [5, 5.41) is 3.15. The topological polar surface area (TPSA) is 29.1 Å². The van der Waals surface area contributed by atoms with Crippen LogP contribution in [0.1, 0.15) is 43.4 Å². The van der Waals surface area contributed by atoms with Crippen molar-refractivity contribution in [1.29, 1.82) is 0 Å². The van der Waals surface area contributed by atoms with Gasteiger partial charge in [0.2, 0.25) is 5.91 Å². The maximum Gasteiger partial charge on any atom is 0.229 e. The fourth-order valence-corrected chi connectivity index (χ4v) is 3.17. The van der Waals surface area contributed by atoms with Gasteiger partial charge in [0.15, 0.2) is 0 Å². The summed E-state index contributed by atoms with van der Waals surface area (Å²) in [5.41, 5.74) is 4.13. The second-order valence-electron chi connectivity index (χ2n) is 7.94. The van der Waals surface area contributed by atoms with Crippen LogP contribution in [0.15, 0.2) is 84.9 Å². The molecule has 0 saturated carbocycles. The van der Waals surface area contributed by atoms with Gasteiger partial charge in [0.05, 0.1) is 0 Å². The normalized spacial score (nSPS) is 12.4. The van der Waals surface area contributed by atoms with Crippen LogP contribution in [-0.4, -0.2) is 5.91 Å². The lowest BCUT2D eigenvalue weighted by atomic mass is 9.84. The molecule has 1 amide bonds. The van der Waals surface area contributed by atoms with Crippen molar-refractivity contribution < 1.29 is 4.79 Å². The lowest BCUT2D eigenvalue weighted by Gasteiger charge is -2.24. The van der Waals surface area contributed by atoms with Gasteiger partial charge in [-0.05, 0) is 29.2 Å². The zero-order chi connectivity index (χ0) is 19.3. The molecular formula is C25H27NO. The molecule has 0 unspecified atom stereocenters. The highest BCUT2D eigenvalue weighted by atomic mass is 16.2. The van der Waals surface area contributed by atoms with Gasteiger partial charge in [-0.1, -0.05) is 99.6 Å². The third kappa shape index (κ3) is 4.85. The van der Waals surface area contributed by atoms with Crippen LogP contribution >= 0.6 is 0 Å². The summed E-state index contributed by atoms with van der Waals surface area (Å²) in [4.78, 5) is 12.6. The van der Waals surface area contributed by atoms with Crippen molar-refractivity contribution in [3.63, 3.8) is 0 Å². The van der Waals surface area contributed by atoms with E-state index >= 15 is 0 Å². The quantitative estimate of drug-likeness (QED) is 0.592. The van der Waals surface area contributed by atoms with E-state index in [-0.39, 0.29) is 11.8 Å². The van der Waals surface area contributed by atoms with Crippen LogP contribution in [0.5, 0.6) is 0 Å². The van der Waals surface area contributed by atoms with E-state index in [9.17, 15) is 4.79 Å². The molecule has 0 aliphatic heterocycles. The van der Waals surface area contributed by atoms with Crippen molar-refractivity contribution >= 4 is 11.6 Å². The van der Waals surface area contributed by atoms with Gasteiger partial charge in [-0.15, -0.1) is 0 Å². The Balaban J connectivity index is 2.01. The largest absolute Gasteiger partial charge is 0.325 e. The van der Waals surface area contributed by atoms with Gasteiger partial charge >= 0.3 is 0 Å². The van der Waals surface area contributed by atoms with Gasteiger partial charge in [0, 0.05) is 17.0 Å². The second kappa shape index (κ2) is 8.22. The molecule has 0 fully saturated rings. The maximum absolute atomic E-state index is 12.6. The number of carbonyl (C=O) groups is 1. The molecular weight excluding hydrogens is 330 g/mol. The first kappa shape index (κ1) is 18.9. The zero-order valence-corrected chi connectivity index (χ0v) is 16.3. The van der Waals surface area contributed by atoms with E-state index in [1.807, 2.05) is 51.1 Å². The number of nitrogens with one attached hydrogen (secondary N) is 1. The maximum atomic E-state index is 12.6. The van der Waals surface area contributed by atoms with Crippen molar-refractivity contribution in [2.45, 2.75) is 33.1 Å². The first-order chi connectivity index (χ1) is 12.9. The summed E-state index contributed by atoms with van der Waals surface area (Å²) in [6, 6.07) is 29.2. The highest BCUT2D eigenvalue weighted by molar-refractivity contribution is 5.95. The second-order valence-corrected chi connectivity index (χ2v) is 7.94. The number of hydrogen-bond acceptors (Lipinski definition) is 1. The lowest BCUT2D eigenvalue weighted by Crippen LogP contribution is -2.28. The molecule has 0 aromatic heterocycles. The number of amides is 1. The predicted molar refractivity (Wildman–Crippen MR) is 113 cm³/mol. The molecule has 2 heteroatoms. The summed E-state index contributed by atoms with van der Waals surface area (Å²) in [6.07, 6.45) is 0.882. The van der Waals surface area contributed by atoms with Crippen LogP contribution < -0.4 is 5.32 Å². The van der Waals surface area contributed by atoms with Gasteiger partial charge in [-0.2, -0.15) is 0 Å². The van der Waals surface area contributed by atoms with Crippen molar-refractivity contribution in [1.82, 2.24) is 0 Å². The lowest BCUT2D eigenvalue weighted by molar-refractivity contribution is -0.123. The molecule has 0 saturated heterocycles. The Morgan fingerprint density at radius 1 is 0.815 bits per heavy atom. The minimum Gasteiger partial charge on any atom is -0.325 e. The van der Waals surface area contributed by atoms with E-state index < -0.39 is 5.41 Å². The molecule has 27 heavy (non-hydrogen) atoms. The average molecular weight is 357 g/mol. The zero-order valence-electron chi connectivity index (χ0n) is 16.3. The Kier molecular flexibility index (Phi) is 5.75. The summed E-state index contributed by atoms with van der Waals surface area (Å²) < 4.78 is 0. The van der Waals surface area contributed by atoms with E-state index in [0.717, 1.165) is 17.7 Å². The summed E-state index contributed by atoms with van der Waals surface area (Å²) in [6.45, 7) is 5.80. The van der Waals surface area contributed by atoms with Gasteiger partial charge < -0.3 is 5.32 Å². The molecule has 0 aliphatic rings. The molecule has 0 aliphatic carbocycles. The molecule has 1 N–H and O–H groups in total. The van der Waals surface area contributed by atoms with Crippen LogP contribution in [0.2, 0.25) is 0 Å². The molecule has 0 radical (unpaired) electrons. The van der Waals surface area contributed by atoms with Crippen molar-refractivity contribution in [3.05, 3.63) is 102 Å². The van der Waals surface area contributed by atoms with E-state index in [0.29, 0.717) is 0 Å². The number of rotatable bonds is 5. The van der Waals surface area contributed by atoms with Crippen molar-refractivity contribution in [2.24, 2.45) is 5.41 Å². The van der Waals surface area contributed by atoms with Crippen LogP contribution in [0, 0.1) is 5.41 Å². The fraction of sp³-hybridized carbons (Fsp3) is 0.240. The average Bonchev–Trinajstić information content (AvgIpc) is 2.67. The number of benzene rings is 3. The number of para-hydroxylation sites is 1. The Hall–Kier alpha value is -2.87. The van der Waals surface area contributed by atoms with E-state index in [1.54, 1.807) is 0 Å². The molecule has 0 heterocycles. The van der Waals surface area contributed by atoms with Crippen LogP contribution in [0.25, 0.3) is 0 Å². The van der Waals surface area contributed by atoms with Gasteiger partial charge in [0.25, 0.3) is 0 Å². The first-order valence-electron chi connectivity index (χ1n) is 9.44. The molecule has 3 aromatic carbocycles. The molecule has 0 bridgehead atoms. The SMILES string of the molecule is CC(C)(C)C(=O)Nc1ccccc1[C@H](Cc1ccccc1)c1ccccc1. The molecule has 3 aromatic rings. The molecule has 138 valence electrons. The third-order valence-electron chi connectivity index (χ3n) is 4.75. The number of hydrogen-bond donors (Lipinski definition) is 1. The highest BCUT2D eigenvalue weighted by Crippen LogP contribution is 2.34. The molecule has 3 rings (SSSR count). The Labute approximate surface area is 162 Å². The minimum absolute atomic E-state index is 0.0291. The molecule has 0 spiro atoms. The third-order valence-corrected chi connectivity index (χ3v) is 4.75. The van der Waals surface area contributed by atoms with Crippen LogP contribution in [0.4, 0.5) is 5.69 Å². The predicted octanol–water partition coefficient (Wildman–Crippen LogP) is 6.05. The highest BCUT2D eigenvalue weighted by Gasteiger charge is 2.24. The van der Waals surface area contributed by atoms with Gasteiger partial charge in [-0.25, -0.2) is 0 Å². The fourth-order valence-electron chi connectivity index (χ4n) is 3.17. The molecule has 2 nitrogen and oxygen atoms in total. The van der Waals surface area contributed by atoms with E-state index in [1.165, 1.54) is 11.1 Å². The van der Waals surface area contributed by atoms with Crippen LogP contribution in [0.3, 0.4) is 0 Å². The Bertz CT molecular complexity index is 879. The number of carbonyl (C=O) groups excluding carboxylic acids is 1. The first-order valence-corrected chi connectivity index (χ1v) is 9.44. The molecule has 1 atom stereocenters. The van der Waals surface area contributed by atoms with Gasteiger partial charge in [-0.3, -0.25) is 4.79 Å². The Morgan fingerprint density at radius 3 is 2.00 bits per heavy atom. The number of anilines is 1. The van der Waals surface area contributed by atoms with E-state index in [4.69, 9.17) is 0 Å². The van der Waals surface area contributed by atoms with Gasteiger partial charge in [0.1, 0.15) is 0 Å². The minimum atomic E-state index is -0.436. The van der Waals surface area contributed by atoms with Crippen molar-refractivity contribution in [2.75, 3.05) is 5.32 Å². The summed E-state index contributed by atoms with van der Waals surface area (Å²) in [5.74, 6) is 0.201. The van der Waals surface area contributed by atoms with E-state index in [2.05, 4.69) is 59.9 Å². The smallest absolute Gasteiger partial charge is 0.229 e. The summed E-state index contributed by atoms with van der Waals surface area (Å²) in [7, 11) is 0. The Morgan fingerprint density at radius 2 is 1.37 bits per heavy atom. The summed E-state index contributed by atoms with van der Waals surface area (Å²) >= 11 is 0. The monoisotopic (exact) mass is 357 g/mol. The van der Waals surface area contributed by atoms with Crippen molar-refractivity contribution in [3.8, 4) is 0 Å².